The molecule has 2 aliphatic carbocycles. The molecule has 2 heteroatoms. The molecule has 0 aromatic rings. The van der Waals surface area contributed by atoms with Gasteiger partial charge in [-0.15, -0.1) is 0 Å². The van der Waals surface area contributed by atoms with Crippen molar-refractivity contribution in [3.63, 3.8) is 0 Å². The van der Waals surface area contributed by atoms with Crippen LogP contribution in [0.3, 0.4) is 0 Å². The molecule has 17 heavy (non-hydrogen) atoms. The minimum Gasteiger partial charge on any atom is -0.311 e. The van der Waals surface area contributed by atoms with E-state index >= 15 is 0 Å². The molecule has 1 aliphatic heterocycles. The quantitative estimate of drug-likeness (QED) is 0.810. The molecule has 1 heterocycles. The van der Waals surface area contributed by atoms with Gasteiger partial charge >= 0.3 is 0 Å². The van der Waals surface area contributed by atoms with Crippen molar-refractivity contribution in [2.45, 2.75) is 58.0 Å². The minimum atomic E-state index is 0.816. The van der Waals surface area contributed by atoms with E-state index in [0.29, 0.717) is 0 Å². The van der Waals surface area contributed by atoms with Crippen molar-refractivity contribution in [1.29, 1.82) is 0 Å². The first-order chi connectivity index (χ1) is 8.29. The van der Waals surface area contributed by atoms with Crippen molar-refractivity contribution in [2.75, 3.05) is 19.6 Å². The van der Waals surface area contributed by atoms with Crippen LogP contribution in [0.5, 0.6) is 0 Å². The fourth-order valence-electron chi connectivity index (χ4n) is 4.23. The highest BCUT2D eigenvalue weighted by Crippen LogP contribution is 2.39. The Hall–Kier alpha value is -0.0800. The van der Waals surface area contributed by atoms with Crippen molar-refractivity contribution >= 4 is 0 Å². The zero-order chi connectivity index (χ0) is 11.8. The lowest BCUT2D eigenvalue weighted by Gasteiger charge is -2.40. The van der Waals surface area contributed by atoms with Crippen molar-refractivity contribution in [2.24, 2.45) is 17.8 Å². The maximum atomic E-state index is 3.73. The highest BCUT2D eigenvalue weighted by molar-refractivity contribution is 4.96. The second kappa shape index (κ2) is 4.89. The first-order valence-electron chi connectivity index (χ1n) is 7.77. The Labute approximate surface area is 106 Å². The molecule has 0 aromatic carbocycles. The fraction of sp³-hybridized carbons (Fsp3) is 1.00. The molecule has 1 saturated heterocycles. The Bertz CT molecular complexity index is 262. The summed E-state index contributed by atoms with van der Waals surface area (Å²) >= 11 is 0. The molecule has 0 bridgehead atoms. The summed E-state index contributed by atoms with van der Waals surface area (Å²) in [6.45, 7) is 8.71. The highest BCUT2D eigenvalue weighted by Gasteiger charge is 2.40. The molecule has 0 aromatic heterocycles. The molecule has 4 unspecified atom stereocenters. The topological polar surface area (TPSA) is 15.3 Å². The number of hydrogen-bond acceptors (Lipinski definition) is 2. The molecule has 3 fully saturated rings. The summed E-state index contributed by atoms with van der Waals surface area (Å²) in [5.41, 5.74) is 0. The number of nitrogens with one attached hydrogen (secondary N) is 1. The monoisotopic (exact) mass is 236 g/mol. The highest BCUT2D eigenvalue weighted by atomic mass is 15.2. The van der Waals surface area contributed by atoms with Gasteiger partial charge in [0.05, 0.1) is 0 Å². The Morgan fingerprint density at radius 3 is 2.65 bits per heavy atom. The largest absolute Gasteiger partial charge is 0.311 e. The SMILES string of the molecule is CCC1CCC(N2CCNC(C3CC3)C2)C1C. The second-order valence-corrected chi connectivity index (χ2v) is 6.57. The van der Waals surface area contributed by atoms with Crippen LogP contribution in [-0.2, 0) is 0 Å². The first kappa shape index (κ1) is 12.0. The van der Waals surface area contributed by atoms with E-state index in [4.69, 9.17) is 0 Å². The van der Waals surface area contributed by atoms with Gasteiger partial charge in [-0.2, -0.15) is 0 Å². The normalized spacial score (nSPS) is 44.1. The molecule has 1 N–H and O–H groups in total. The fourth-order valence-corrected chi connectivity index (χ4v) is 4.23. The van der Waals surface area contributed by atoms with Gasteiger partial charge in [-0.1, -0.05) is 20.3 Å². The Kier molecular flexibility index (Phi) is 3.45. The predicted octanol–water partition coefficient (Wildman–Crippen LogP) is 2.49. The van der Waals surface area contributed by atoms with Gasteiger partial charge in [-0.3, -0.25) is 4.90 Å². The van der Waals surface area contributed by atoms with Gasteiger partial charge in [0.25, 0.3) is 0 Å². The molecule has 0 spiro atoms. The Morgan fingerprint density at radius 1 is 1.18 bits per heavy atom. The van der Waals surface area contributed by atoms with E-state index in [1.165, 1.54) is 51.7 Å². The summed E-state index contributed by atoms with van der Waals surface area (Å²) in [7, 11) is 0. The maximum Gasteiger partial charge on any atom is 0.0223 e. The van der Waals surface area contributed by atoms with E-state index in [0.717, 1.165) is 29.8 Å². The van der Waals surface area contributed by atoms with E-state index in [2.05, 4.69) is 24.1 Å². The van der Waals surface area contributed by atoms with Crippen LogP contribution in [-0.4, -0.2) is 36.6 Å². The van der Waals surface area contributed by atoms with Crippen LogP contribution in [0, 0.1) is 17.8 Å². The lowest BCUT2D eigenvalue weighted by molar-refractivity contribution is 0.107. The molecule has 3 rings (SSSR count). The smallest absolute Gasteiger partial charge is 0.0223 e. The Balaban J connectivity index is 1.59. The van der Waals surface area contributed by atoms with Crippen molar-refractivity contribution in [3.05, 3.63) is 0 Å². The van der Waals surface area contributed by atoms with E-state index < -0.39 is 0 Å². The summed E-state index contributed by atoms with van der Waals surface area (Å²) in [6.07, 6.45) is 7.26. The second-order valence-electron chi connectivity index (χ2n) is 6.57. The average Bonchev–Trinajstić information content (AvgIpc) is 3.13. The van der Waals surface area contributed by atoms with E-state index in [-0.39, 0.29) is 0 Å². The molecule has 2 nitrogen and oxygen atoms in total. The summed E-state index contributed by atoms with van der Waals surface area (Å²) in [5, 5.41) is 3.73. The van der Waals surface area contributed by atoms with E-state index in [9.17, 15) is 0 Å². The lowest BCUT2D eigenvalue weighted by atomic mass is 9.92. The van der Waals surface area contributed by atoms with Gasteiger partial charge in [0.1, 0.15) is 0 Å². The van der Waals surface area contributed by atoms with Crippen molar-refractivity contribution in [1.82, 2.24) is 10.2 Å². The zero-order valence-corrected chi connectivity index (χ0v) is 11.5. The summed E-state index contributed by atoms with van der Waals surface area (Å²) in [4.78, 5) is 2.82. The van der Waals surface area contributed by atoms with Crippen LogP contribution < -0.4 is 5.32 Å². The standard InChI is InChI=1S/C15H28N2/c1-3-12-6-7-15(11(12)2)17-9-8-16-14(10-17)13-4-5-13/h11-16H,3-10H2,1-2H3. The van der Waals surface area contributed by atoms with Crippen molar-refractivity contribution < 1.29 is 0 Å². The molecule has 98 valence electrons. The molecular formula is C15H28N2. The molecule has 0 amide bonds. The lowest BCUT2D eigenvalue weighted by Crippen LogP contribution is -2.55. The minimum absolute atomic E-state index is 0.816. The number of nitrogens with zero attached hydrogens (tertiary/aromatic N) is 1. The molecule has 3 aliphatic rings. The van der Waals surface area contributed by atoms with Crippen molar-refractivity contribution in [3.8, 4) is 0 Å². The van der Waals surface area contributed by atoms with E-state index in [1.807, 2.05) is 0 Å². The molecular weight excluding hydrogens is 208 g/mol. The molecule has 4 atom stereocenters. The first-order valence-corrected chi connectivity index (χ1v) is 7.77. The van der Waals surface area contributed by atoms with E-state index in [1.54, 1.807) is 0 Å². The molecule has 0 radical (unpaired) electrons. The number of hydrogen-bond donors (Lipinski definition) is 1. The third-order valence-corrected chi connectivity index (χ3v) is 5.60. The predicted molar refractivity (Wildman–Crippen MR) is 72.1 cm³/mol. The summed E-state index contributed by atoms with van der Waals surface area (Å²) in [5.74, 6) is 2.93. The zero-order valence-electron chi connectivity index (χ0n) is 11.5. The third-order valence-electron chi connectivity index (χ3n) is 5.60. The van der Waals surface area contributed by atoms with Gasteiger partial charge in [0, 0.05) is 31.7 Å². The van der Waals surface area contributed by atoms with Crippen LogP contribution in [0.1, 0.15) is 46.0 Å². The van der Waals surface area contributed by atoms with Gasteiger partial charge in [0.15, 0.2) is 0 Å². The van der Waals surface area contributed by atoms with Gasteiger partial charge in [-0.05, 0) is 43.4 Å². The van der Waals surface area contributed by atoms with Gasteiger partial charge < -0.3 is 5.32 Å². The third kappa shape index (κ3) is 2.39. The average molecular weight is 236 g/mol. The van der Waals surface area contributed by atoms with Gasteiger partial charge in [-0.25, -0.2) is 0 Å². The Morgan fingerprint density at radius 2 is 2.00 bits per heavy atom. The summed E-state index contributed by atoms with van der Waals surface area (Å²) in [6, 6.07) is 1.71. The molecule has 2 saturated carbocycles. The number of piperazine rings is 1. The van der Waals surface area contributed by atoms with Crippen LogP contribution in [0.4, 0.5) is 0 Å². The van der Waals surface area contributed by atoms with Crippen LogP contribution in [0.15, 0.2) is 0 Å². The summed E-state index contributed by atoms with van der Waals surface area (Å²) < 4.78 is 0. The van der Waals surface area contributed by atoms with Gasteiger partial charge in [0.2, 0.25) is 0 Å². The number of rotatable bonds is 3. The van der Waals surface area contributed by atoms with Crippen LogP contribution >= 0.6 is 0 Å². The van der Waals surface area contributed by atoms with Crippen LogP contribution in [0.25, 0.3) is 0 Å². The van der Waals surface area contributed by atoms with Crippen LogP contribution in [0.2, 0.25) is 0 Å². The maximum absolute atomic E-state index is 3.73.